The van der Waals surface area contributed by atoms with E-state index in [4.69, 9.17) is 5.11 Å². The Morgan fingerprint density at radius 2 is 1.93 bits per heavy atom. The fraction of sp³-hybridized carbons (Fsp3) is 0.300. The minimum atomic E-state index is -0.253. The van der Waals surface area contributed by atoms with Crippen molar-refractivity contribution in [3.05, 3.63) is 23.8 Å². The average Bonchev–Trinajstić information content (AvgIpc) is 2.06. The van der Waals surface area contributed by atoms with Crippen LogP contribution >= 0.6 is 0 Å². The van der Waals surface area contributed by atoms with Crippen molar-refractivity contribution in [2.75, 3.05) is 13.1 Å². The summed E-state index contributed by atoms with van der Waals surface area (Å²) < 4.78 is 0. The second kappa shape index (κ2) is 3.21. The van der Waals surface area contributed by atoms with Gasteiger partial charge in [-0.1, -0.05) is 0 Å². The molecule has 0 aliphatic carbocycles. The van der Waals surface area contributed by atoms with E-state index < -0.39 is 0 Å². The predicted octanol–water partition coefficient (Wildman–Crippen LogP) is 0.944. The molecule has 1 aliphatic rings. The molecule has 1 aliphatic heterocycles. The Bertz CT molecular complexity index is 372. The fourth-order valence-corrected chi connectivity index (χ4v) is 1.36. The molecule has 4 nitrogen and oxygen atoms in total. The lowest BCUT2D eigenvalue weighted by molar-refractivity contribution is 0.0651. The van der Waals surface area contributed by atoms with Crippen LogP contribution in [0.15, 0.2) is 18.2 Å². The van der Waals surface area contributed by atoms with Crippen LogP contribution in [0.1, 0.15) is 16.8 Å². The molecule has 1 aromatic carbocycles. The van der Waals surface area contributed by atoms with Crippen LogP contribution in [0.25, 0.3) is 0 Å². The Morgan fingerprint density at radius 3 is 2.43 bits per heavy atom. The van der Waals surface area contributed by atoms with Gasteiger partial charge in [-0.15, -0.1) is 0 Å². The zero-order chi connectivity index (χ0) is 10.1. The summed E-state index contributed by atoms with van der Waals surface area (Å²) in [5, 5.41) is 18.3. The Hall–Kier alpha value is -1.71. The molecule has 2 rings (SSSR count). The van der Waals surface area contributed by atoms with E-state index in [0.717, 1.165) is 19.5 Å². The number of hydrogen-bond acceptors (Lipinski definition) is 3. The maximum atomic E-state index is 11.6. The lowest BCUT2D eigenvalue weighted by Gasteiger charge is -2.30. The zero-order valence-electron chi connectivity index (χ0n) is 7.60. The van der Waals surface area contributed by atoms with Crippen molar-refractivity contribution < 1.29 is 15.0 Å². The number of aromatic hydroxyl groups is 2. The fourth-order valence-electron chi connectivity index (χ4n) is 1.36. The van der Waals surface area contributed by atoms with Gasteiger partial charge < -0.3 is 15.1 Å². The lowest BCUT2D eigenvalue weighted by atomic mass is 10.1. The Labute approximate surface area is 81.4 Å². The van der Waals surface area contributed by atoms with Crippen molar-refractivity contribution in [3.63, 3.8) is 0 Å². The smallest absolute Gasteiger partial charge is 0.253 e. The maximum Gasteiger partial charge on any atom is 0.253 e. The Kier molecular flexibility index (Phi) is 2.04. The Morgan fingerprint density at radius 1 is 1.21 bits per heavy atom. The van der Waals surface area contributed by atoms with Crippen molar-refractivity contribution in [2.45, 2.75) is 6.42 Å². The van der Waals surface area contributed by atoms with Gasteiger partial charge in [0.15, 0.2) is 11.5 Å². The molecule has 0 atom stereocenters. The number of rotatable bonds is 1. The molecular weight excluding hydrogens is 182 g/mol. The maximum absolute atomic E-state index is 11.6. The van der Waals surface area contributed by atoms with Crippen molar-refractivity contribution in [1.29, 1.82) is 0 Å². The summed E-state index contributed by atoms with van der Waals surface area (Å²) in [5.74, 6) is -0.548. The Balaban J connectivity index is 2.23. The summed E-state index contributed by atoms with van der Waals surface area (Å²) in [6, 6.07) is 4.12. The van der Waals surface area contributed by atoms with E-state index >= 15 is 0 Å². The van der Waals surface area contributed by atoms with Gasteiger partial charge in [0.05, 0.1) is 0 Å². The van der Waals surface area contributed by atoms with Crippen LogP contribution in [0.2, 0.25) is 0 Å². The first-order valence-electron chi connectivity index (χ1n) is 4.50. The van der Waals surface area contributed by atoms with Gasteiger partial charge in [-0.3, -0.25) is 4.79 Å². The van der Waals surface area contributed by atoms with Gasteiger partial charge >= 0.3 is 0 Å². The number of phenolic OH excluding ortho intramolecular Hbond substituents is 2. The number of phenols is 2. The highest BCUT2D eigenvalue weighted by molar-refractivity contribution is 5.95. The van der Waals surface area contributed by atoms with E-state index in [1.165, 1.54) is 18.2 Å². The van der Waals surface area contributed by atoms with E-state index in [2.05, 4.69) is 0 Å². The van der Waals surface area contributed by atoms with Gasteiger partial charge in [0.1, 0.15) is 0 Å². The monoisotopic (exact) mass is 193 g/mol. The normalized spacial score (nSPS) is 15.0. The van der Waals surface area contributed by atoms with Gasteiger partial charge in [0, 0.05) is 18.7 Å². The molecule has 0 bridgehead atoms. The molecule has 1 fully saturated rings. The van der Waals surface area contributed by atoms with Crippen molar-refractivity contribution in [2.24, 2.45) is 0 Å². The average molecular weight is 193 g/mol. The van der Waals surface area contributed by atoms with Crippen LogP contribution in [0.4, 0.5) is 0 Å². The molecule has 4 heteroatoms. The molecule has 0 aromatic heterocycles. The minimum Gasteiger partial charge on any atom is -0.504 e. The molecule has 14 heavy (non-hydrogen) atoms. The van der Waals surface area contributed by atoms with Crippen molar-refractivity contribution >= 4 is 5.91 Å². The summed E-state index contributed by atoms with van der Waals surface area (Å²) in [6.07, 6.45) is 1.04. The third kappa shape index (κ3) is 1.39. The van der Waals surface area contributed by atoms with Crippen molar-refractivity contribution in [3.8, 4) is 11.5 Å². The number of benzene rings is 1. The zero-order valence-corrected chi connectivity index (χ0v) is 7.60. The molecule has 0 saturated carbocycles. The topological polar surface area (TPSA) is 60.8 Å². The van der Waals surface area contributed by atoms with E-state index in [1.54, 1.807) is 4.90 Å². The van der Waals surface area contributed by atoms with Crippen LogP contribution in [-0.4, -0.2) is 34.1 Å². The molecule has 0 unspecified atom stereocenters. The van der Waals surface area contributed by atoms with E-state index in [-0.39, 0.29) is 17.4 Å². The second-order valence-electron chi connectivity index (χ2n) is 3.35. The van der Waals surface area contributed by atoms with Crippen molar-refractivity contribution in [1.82, 2.24) is 4.90 Å². The lowest BCUT2D eigenvalue weighted by Crippen LogP contribution is -2.41. The molecule has 74 valence electrons. The molecule has 2 N–H and O–H groups in total. The molecule has 0 spiro atoms. The molecule has 1 heterocycles. The third-order valence-electron chi connectivity index (χ3n) is 2.37. The van der Waals surface area contributed by atoms with E-state index in [9.17, 15) is 9.90 Å². The van der Waals surface area contributed by atoms with E-state index in [1.807, 2.05) is 0 Å². The number of carbonyl (C=O) groups excluding carboxylic acids is 1. The van der Waals surface area contributed by atoms with Gasteiger partial charge in [-0.05, 0) is 24.6 Å². The van der Waals surface area contributed by atoms with E-state index in [0.29, 0.717) is 5.56 Å². The molecule has 1 amide bonds. The highest BCUT2D eigenvalue weighted by Gasteiger charge is 2.21. The number of hydrogen-bond donors (Lipinski definition) is 2. The predicted molar refractivity (Wildman–Crippen MR) is 50.3 cm³/mol. The summed E-state index contributed by atoms with van der Waals surface area (Å²) in [5.41, 5.74) is 0.417. The first kappa shape index (κ1) is 8.87. The van der Waals surface area contributed by atoms with Crippen LogP contribution in [-0.2, 0) is 0 Å². The molecule has 1 aromatic rings. The standard InChI is InChI=1S/C10H11NO3/c12-8-3-2-7(6-9(8)13)10(14)11-4-1-5-11/h2-3,6,12-13H,1,4-5H2. The highest BCUT2D eigenvalue weighted by atomic mass is 16.3. The van der Waals surface area contributed by atoms with Gasteiger partial charge in [0.25, 0.3) is 5.91 Å². The molecule has 0 radical (unpaired) electrons. The van der Waals surface area contributed by atoms with Gasteiger partial charge in [0.2, 0.25) is 0 Å². The molecule has 1 saturated heterocycles. The first-order valence-corrected chi connectivity index (χ1v) is 4.50. The molecular formula is C10H11NO3. The van der Waals surface area contributed by atoms with Crippen LogP contribution in [0.3, 0.4) is 0 Å². The number of nitrogens with zero attached hydrogens (tertiary/aromatic N) is 1. The summed E-state index contributed by atoms with van der Waals surface area (Å²) in [6.45, 7) is 1.56. The SMILES string of the molecule is O=C(c1ccc(O)c(O)c1)N1CCC1. The van der Waals surface area contributed by atoms with Gasteiger partial charge in [-0.25, -0.2) is 0 Å². The van der Waals surface area contributed by atoms with Crippen LogP contribution < -0.4 is 0 Å². The quantitative estimate of drug-likeness (QED) is 0.652. The number of likely N-dealkylation sites (tertiary alicyclic amines) is 1. The first-order chi connectivity index (χ1) is 6.68. The number of amides is 1. The van der Waals surface area contributed by atoms with Crippen LogP contribution in [0, 0.1) is 0 Å². The summed E-state index contributed by atoms with van der Waals surface area (Å²) in [7, 11) is 0. The summed E-state index contributed by atoms with van der Waals surface area (Å²) >= 11 is 0. The minimum absolute atomic E-state index is 0.0912. The number of carbonyl (C=O) groups is 1. The third-order valence-corrected chi connectivity index (χ3v) is 2.37. The van der Waals surface area contributed by atoms with Crippen LogP contribution in [0.5, 0.6) is 11.5 Å². The highest BCUT2D eigenvalue weighted by Crippen LogP contribution is 2.26. The van der Waals surface area contributed by atoms with Gasteiger partial charge in [-0.2, -0.15) is 0 Å². The summed E-state index contributed by atoms with van der Waals surface area (Å²) in [4.78, 5) is 13.3. The second-order valence-corrected chi connectivity index (χ2v) is 3.35. The largest absolute Gasteiger partial charge is 0.504 e.